The fourth-order valence-electron chi connectivity index (χ4n) is 1.48. The van der Waals surface area contributed by atoms with Gasteiger partial charge in [-0.25, -0.2) is 0 Å². The quantitative estimate of drug-likeness (QED) is 0.607. The molecule has 13 heavy (non-hydrogen) atoms. The lowest BCUT2D eigenvalue weighted by molar-refractivity contribution is 1.72. The van der Waals surface area contributed by atoms with Gasteiger partial charge in [0.1, 0.15) is 0 Å². The Morgan fingerprint density at radius 3 is 2.00 bits per heavy atom. The molecule has 0 bridgehead atoms. The van der Waals surface area contributed by atoms with E-state index in [0.717, 1.165) is 0 Å². The molecule has 0 nitrogen and oxygen atoms in total. The zero-order valence-corrected chi connectivity index (χ0v) is 7.70. The highest BCUT2D eigenvalue weighted by Gasteiger charge is 1.97. The van der Waals surface area contributed by atoms with Gasteiger partial charge in [0.05, 0.1) is 0 Å². The van der Waals surface area contributed by atoms with Crippen LogP contribution in [0.3, 0.4) is 0 Å². The number of fused-ring (bicyclic) bond motifs is 1. The van der Waals surface area contributed by atoms with Crippen molar-refractivity contribution < 1.29 is 0 Å². The molecule has 0 heteroatoms. The zero-order chi connectivity index (χ0) is 9.10. The van der Waals surface area contributed by atoms with E-state index in [2.05, 4.69) is 54.6 Å². The monoisotopic (exact) mass is 168 g/mol. The normalized spacial score (nSPS) is 11.2. The minimum atomic E-state index is 1.25. The van der Waals surface area contributed by atoms with E-state index >= 15 is 0 Å². The van der Waals surface area contributed by atoms with Crippen molar-refractivity contribution in [1.29, 1.82) is 0 Å². The van der Waals surface area contributed by atoms with E-state index in [1.165, 1.54) is 16.7 Å². The second-order valence-corrected chi connectivity index (χ2v) is 3.10. The fourth-order valence-corrected chi connectivity index (χ4v) is 1.48. The first-order valence-corrected chi connectivity index (χ1v) is 4.51. The average Bonchev–Trinajstić information content (AvgIpc) is 2.50. The molecule has 2 rings (SSSR count). The third kappa shape index (κ3) is 1.62. The first kappa shape index (κ1) is 8.06. The number of allylic oxidation sites excluding steroid dienone is 1. The molecule has 0 fully saturated rings. The maximum atomic E-state index is 2.16. The van der Waals surface area contributed by atoms with Crippen LogP contribution in [-0.4, -0.2) is 0 Å². The van der Waals surface area contributed by atoms with Crippen molar-refractivity contribution in [3.8, 4) is 11.1 Å². The van der Waals surface area contributed by atoms with Crippen molar-refractivity contribution in [1.82, 2.24) is 0 Å². The largest absolute Gasteiger partial charge is 0.0871 e. The third-order valence-electron chi connectivity index (χ3n) is 2.15. The van der Waals surface area contributed by atoms with E-state index in [4.69, 9.17) is 0 Å². The van der Waals surface area contributed by atoms with Gasteiger partial charge in [0.15, 0.2) is 0 Å². The second kappa shape index (κ2) is 3.44. The summed E-state index contributed by atoms with van der Waals surface area (Å²) < 4.78 is 0. The molecule has 0 aromatic rings. The van der Waals surface area contributed by atoms with Gasteiger partial charge >= 0.3 is 0 Å². The molecule has 2 aliphatic carbocycles. The SMILES string of the molecule is C/C=C\c1ccc2cccc-2cc1. The van der Waals surface area contributed by atoms with E-state index in [-0.39, 0.29) is 0 Å². The molecular formula is C13H12. The minimum absolute atomic E-state index is 1.25. The maximum absolute atomic E-state index is 2.16. The van der Waals surface area contributed by atoms with E-state index in [1.54, 1.807) is 0 Å². The highest BCUT2D eigenvalue weighted by molar-refractivity contribution is 5.67. The van der Waals surface area contributed by atoms with Crippen molar-refractivity contribution >= 4 is 6.08 Å². The lowest BCUT2D eigenvalue weighted by atomic mass is 10.2. The molecule has 0 aromatic carbocycles. The fraction of sp³-hybridized carbons (Fsp3) is 0.0769. The number of hydrogen-bond acceptors (Lipinski definition) is 0. The van der Waals surface area contributed by atoms with Gasteiger partial charge in [-0.15, -0.1) is 0 Å². The lowest BCUT2D eigenvalue weighted by Gasteiger charge is -1.85. The molecule has 0 aliphatic heterocycles. The van der Waals surface area contributed by atoms with Crippen molar-refractivity contribution in [2.24, 2.45) is 0 Å². The summed E-state index contributed by atoms with van der Waals surface area (Å²) in [5, 5.41) is 0. The Morgan fingerprint density at radius 2 is 1.46 bits per heavy atom. The summed E-state index contributed by atoms with van der Waals surface area (Å²) in [6, 6.07) is 14.9. The number of rotatable bonds is 1. The average molecular weight is 168 g/mol. The van der Waals surface area contributed by atoms with Crippen molar-refractivity contribution in [2.45, 2.75) is 6.92 Å². The van der Waals surface area contributed by atoms with Crippen LogP contribution in [0.15, 0.2) is 48.5 Å². The highest BCUT2D eigenvalue weighted by Crippen LogP contribution is 2.21. The molecule has 2 aliphatic rings. The molecule has 0 saturated heterocycles. The smallest absolute Gasteiger partial charge is 0.0184 e. The number of hydrogen-bond donors (Lipinski definition) is 0. The molecule has 0 spiro atoms. The third-order valence-corrected chi connectivity index (χ3v) is 2.15. The van der Waals surface area contributed by atoms with Gasteiger partial charge in [-0.3, -0.25) is 0 Å². The predicted octanol–water partition coefficient (Wildman–Crippen LogP) is 3.82. The Kier molecular flexibility index (Phi) is 2.13. The van der Waals surface area contributed by atoms with Crippen LogP contribution in [0.25, 0.3) is 17.2 Å². The lowest BCUT2D eigenvalue weighted by Crippen LogP contribution is -1.59. The van der Waals surface area contributed by atoms with E-state index in [1.807, 2.05) is 6.92 Å². The molecule has 0 radical (unpaired) electrons. The van der Waals surface area contributed by atoms with Gasteiger partial charge in [-0.2, -0.15) is 0 Å². The summed E-state index contributed by atoms with van der Waals surface area (Å²) in [5.74, 6) is 0. The van der Waals surface area contributed by atoms with Gasteiger partial charge < -0.3 is 0 Å². The molecule has 0 N–H and O–H groups in total. The Labute approximate surface area is 78.9 Å². The summed E-state index contributed by atoms with van der Waals surface area (Å²) in [7, 11) is 0. The molecule has 64 valence electrons. The van der Waals surface area contributed by atoms with Gasteiger partial charge in [0, 0.05) is 0 Å². The van der Waals surface area contributed by atoms with Crippen LogP contribution < -0.4 is 0 Å². The summed E-state index contributed by atoms with van der Waals surface area (Å²) >= 11 is 0. The highest BCUT2D eigenvalue weighted by atomic mass is 14.0. The van der Waals surface area contributed by atoms with Gasteiger partial charge in [0.2, 0.25) is 0 Å². The summed E-state index contributed by atoms with van der Waals surface area (Å²) in [6.07, 6.45) is 4.17. The van der Waals surface area contributed by atoms with Crippen LogP contribution in [0.1, 0.15) is 12.5 Å². The summed E-state index contributed by atoms with van der Waals surface area (Å²) in [4.78, 5) is 0. The van der Waals surface area contributed by atoms with Crippen LogP contribution >= 0.6 is 0 Å². The van der Waals surface area contributed by atoms with E-state index in [0.29, 0.717) is 0 Å². The Bertz CT molecular complexity index is 368. The Morgan fingerprint density at radius 1 is 0.846 bits per heavy atom. The molecule has 0 aromatic heterocycles. The first-order chi connectivity index (χ1) is 6.40. The zero-order valence-electron chi connectivity index (χ0n) is 7.70. The van der Waals surface area contributed by atoms with E-state index < -0.39 is 0 Å². The van der Waals surface area contributed by atoms with Gasteiger partial charge in [-0.05, 0) is 23.6 Å². The van der Waals surface area contributed by atoms with Crippen LogP contribution in [0.2, 0.25) is 0 Å². The standard InChI is InChI=1S/C13H12/c1-2-4-11-7-9-12-5-3-6-13(12)10-8-11/h2-10H,1H3/b4-2-. The summed E-state index contributed by atoms with van der Waals surface area (Å²) in [6.45, 7) is 2.03. The molecule has 0 unspecified atom stereocenters. The Hall–Kier alpha value is -1.56. The van der Waals surface area contributed by atoms with Gasteiger partial charge in [-0.1, -0.05) is 54.6 Å². The van der Waals surface area contributed by atoms with Crippen LogP contribution in [-0.2, 0) is 0 Å². The van der Waals surface area contributed by atoms with Gasteiger partial charge in [0.25, 0.3) is 0 Å². The van der Waals surface area contributed by atoms with Crippen molar-refractivity contribution in [2.75, 3.05) is 0 Å². The molecular weight excluding hydrogens is 156 g/mol. The topological polar surface area (TPSA) is 0 Å². The first-order valence-electron chi connectivity index (χ1n) is 4.51. The van der Waals surface area contributed by atoms with E-state index in [9.17, 15) is 0 Å². The Balaban J connectivity index is 2.54. The van der Waals surface area contributed by atoms with Crippen LogP contribution in [0.5, 0.6) is 0 Å². The predicted molar refractivity (Wildman–Crippen MR) is 57.8 cm³/mol. The van der Waals surface area contributed by atoms with Crippen LogP contribution in [0.4, 0.5) is 0 Å². The minimum Gasteiger partial charge on any atom is -0.0871 e. The molecule has 0 atom stereocenters. The van der Waals surface area contributed by atoms with Crippen LogP contribution in [0, 0.1) is 0 Å². The summed E-state index contributed by atoms with van der Waals surface area (Å²) in [5.41, 5.74) is 3.85. The van der Waals surface area contributed by atoms with Crippen molar-refractivity contribution in [3.63, 3.8) is 0 Å². The maximum Gasteiger partial charge on any atom is -0.0184 e. The molecule has 0 amide bonds. The molecule has 0 saturated carbocycles. The second-order valence-electron chi connectivity index (χ2n) is 3.10. The molecule has 0 heterocycles. The van der Waals surface area contributed by atoms with Crippen molar-refractivity contribution in [3.05, 3.63) is 54.1 Å².